The molecular weight excluding hydrogens is 276 g/mol. The van der Waals surface area contributed by atoms with Gasteiger partial charge in [0.15, 0.2) is 0 Å². The van der Waals surface area contributed by atoms with E-state index in [2.05, 4.69) is 10.3 Å². The van der Waals surface area contributed by atoms with Crippen LogP contribution in [0.1, 0.15) is 59.1 Å². The number of amides is 1. The maximum atomic E-state index is 12.2. The van der Waals surface area contributed by atoms with Gasteiger partial charge in [-0.1, -0.05) is 12.8 Å². The minimum Gasteiger partial charge on any atom is -0.388 e. The summed E-state index contributed by atoms with van der Waals surface area (Å²) >= 11 is 1.35. The number of thiazole rings is 1. The van der Waals surface area contributed by atoms with Gasteiger partial charge in [0, 0.05) is 13.7 Å². The molecular formula is C14H22N2O3S. The largest absolute Gasteiger partial charge is 0.388 e. The van der Waals surface area contributed by atoms with E-state index in [0.29, 0.717) is 17.1 Å². The van der Waals surface area contributed by atoms with Gasteiger partial charge in [-0.25, -0.2) is 4.98 Å². The van der Waals surface area contributed by atoms with Gasteiger partial charge in [0.05, 0.1) is 11.3 Å². The molecule has 0 aromatic carbocycles. The average Bonchev–Trinajstić information content (AvgIpc) is 3.02. The van der Waals surface area contributed by atoms with E-state index >= 15 is 0 Å². The summed E-state index contributed by atoms with van der Waals surface area (Å²) in [6.07, 6.45) is 3.48. The van der Waals surface area contributed by atoms with Crippen molar-refractivity contribution in [1.82, 2.24) is 10.3 Å². The van der Waals surface area contributed by atoms with Gasteiger partial charge >= 0.3 is 0 Å². The fourth-order valence-electron chi connectivity index (χ4n) is 2.44. The van der Waals surface area contributed by atoms with Gasteiger partial charge in [0.1, 0.15) is 16.0 Å². The number of nitrogens with one attached hydrogen (secondary N) is 1. The summed E-state index contributed by atoms with van der Waals surface area (Å²) in [5, 5.41) is 13.9. The lowest BCUT2D eigenvalue weighted by molar-refractivity contribution is 0.0450. The number of ether oxygens (including phenoxy) is 1. The van der Waals surface area contributed by atoms with Crippen LogP contribution in [0.25, 0.3) is 0 Å². The zero-order chi connectivity index (χ0) is 14.8. The van der Waals surface area contributed by atoms with Crippen molar-refractivity contribution in [2.24, 2.45) is 0 Å². The van der Waals surface area contributed by atoms with Crippen LogP contribution in [0, 0.1) is 6.92 Å². The van der Waals surface area contributed by atoms with Gasteiger partial charge in [-0.3, -0.25) is 4.79 Å². The Morgan fingerprint density at radius 3 is 2.80 bits per heavy atom. The topological polar surface area (TPSA) is 71.5 Å². The summed E-state index contributed by atoms with van der Waals surface area (Å²) in [4.78, 5) is 17.2. The standard InChI is InChI=1S/C14H22N2O3S/c1-9-11(20-13(16-9)10(2)19-3)12(17)15-8-14(18)6-4-5-7-14/h10,18H,4-8H2,1-3H3,(H,15,17). The van der Waals surface area contributed by atoms with Crippen LogP contribution in [0.4, 0.5) is 0 Å². The van der Waals surface area contributed by atoms with E-state index in [9.17, 15) is 9.90 Å². The first-order valence-electron chi connectivity index (χ1n) is 6.96. The van der Waals surface area contributed by atoms with Crippen molar-refractivity contribution in [3.05, 3.63) is 15.6 Å². The van der Waals surface area contributed by atoms with E-state index in [4.69, 9.17) is 4.74 Å². The molecule has 2 N–H and O–H groups in total. The lowest BCUT2D eigenvalue weighted by Gasteiger charge is -2.22. The third-order valence-corrected chi connectivity index (χ3v) is 5.15. The van der Waals surface area contributed by atoms with Crippen molar-refractivity contribution in [3.63, 3.8) is 0 Å². The molecule has 1 aliphatic carbocycles. The monoisotopic (exact) mass is 298 g/mol. The molecule has 5 nitrogen and oxygen atoms in total. The molecule has 1 heterocycles. The van der Waals surface area contributed by atoms with Crippen LogP contribution in [0.3, 0.4) is 0 Å². The molecule has 112 valence electrons. The first kappa shape index (κ1) is 15.4. The quantitative estimate of drug-likeness (QED) is 0.874. The lowest BCUT2D eigenvalue weighted by atomic mass is 10.0. The smallest absolute Gasteiger partial charge is 0.263 e. The van der Waals surface area contributed by atoms with E-state index in [1.54, 1.807) is 7.11 Å². The predicted octanol–water partition coefficient (Wildman–Crippen LogP) is 2.19. The second kappa shape index (κ2) is 6.20. The highest BCUT2D eigenvalue weighted by molar-refractivity contribution is 7.13. The minimum atomic E-state index is -0.725. The number of carbonyl (C=O) groups is 1. The predicted molar refractivity (Wildman–Crippen MR) is 78.0 cm³/mol. The molecule has 0 saturated heterocycles. The number of aromatic nitrogens is 1. The van der Waals surface area contributed by atoms with Crippen LogP contribution in [-0.4, -0.2) is 35.3 Å². The molecule has 1 aromatic heterocycles. The summed E-state index contributed by atoms with van der Waals surface area (Å²) in [7, 11) is 1.62. The zero-order valence-electron chi connectivity index (χ0n) is 12.2. The summed E-state index contributed by atoms with van der Waals surface area (Å²) < 4.78 is 5.22. The van der Waals surface area contributed by atoms with Crippen LogP contribution in [-0.2, 0) is 4.74 Å². The maximum Gasteiger partial charge on any atom is 0.263 e. The molecule has 1 aliphatic rings. The van der Waals surface area contributed by atoms with Crippen molar-refractivity contribution in [2.45, 2.75) is 51.2 Å². The van der Waals surface area contributed by atoms with Crippen LogP contribution in [0.15, 0.2) is 0 Å². The summed E-state index contributed by atoms with van der Waals surface area (Å²) in [6.45, 7) is 4.04. The van der Waals surface area contributed by atoms with Crippen LogP contribution in [0.2, 0.25) is 0 Å². The van der Waals surface area contributed by atoms with Gasteiger partial charge in [-0.15, -0.1) is 11.3 Å². The minimum absolute atomic E-state index is 0.112. The Balaban J connectivity index is 2.00. The van der Waals surface area contributed by atoms with Crippen molar-refractivity contribution < 1.29 is 14.6 Å². The lowest BCUT2D eigenvalue weighted by Crippen LogP contribution is -2.40. The molecule has 1 fully saturated rings. The van der Waals surface area contributed by atoms with Gasteiger partial charge < -0.3 is 15.2 Å². The molecule has 1 saturated carbocycles. The molecule has 1 unspecified atom stereocenters. The van der Waals surface area contributed by atoms with E-state index in [1.165, 1.54) is 11.3 Å². The molecule has 0 radical (unpaired) electrons. The molecule has 1 atom stereocenters. The van der Waals surface area contributed by atoms with Crippen LogP contribution in [0.5, 0.6) is 0 Å². The number of methoxy groups -OCH3 is 1. The number of carbonyl (C=O) groups excluding carboxylic acids is 1. The number of hydrogen-bond acceptors (Lipinski definition) is 5. The van der Waals surface area contributed by atoms with Gasteiger partial charge in [-0.2, -0.15) is 0 Å². The number of nitrogens with zero attached hydrogens (tertiary/aromatic N) is 1. The summed E-state index contributed by atoms with van der Waals surface area (Å²) in [6, 6.07) is 0. The van der Waals surface area contributed by atoms with Gasteiger partial charge in [0.25, 0.3) is 5.91 Å². The van der Waals surface area contributed by atoms with Crippen molar-refractivity contribution in [3.8, 4) is 0 Å². The van der Waals surface area contributed by atoms with Crippen molar-refractivity contribution in [1.29, 1.82) is 0 Å². The van der Waals surface area contributed by atoms with Gasteiger partial charge in [0.2, 0.25) is 0 Å². The highest BCUT2D eigenvalue weighted by Crippen LogP contribution is 2.29. The fraction of sp³-hybridized carbons (Fsp3) is 0.714. The fourth-order valence-corrected chi connectivity index (χ4v) is 3.45. The van der Waals surface area contributed by atoms with Crippen molar-refractivity contribution in [2.75, 3.05) is 13.7 Å². The first-order chi connectivity index (χ1) is 9.45. The second-order valence-electron chi connectivity index (χ2n) is 5.46. The third kappa shape index (κ3) is 3.37. The van der Waals surface area contributed by atoms with E-state index in [1.807, 2.05) is 13.8 Å². The molecule has 0 aliphatic heterocycles. The highest BCUT2D eigenvalue weighted by Gasteiger charge is 2.31. The Labute approximate surface area is 123 Å². The van der Waals surface area contributed by atoms with Crippen LogP contribution >= 0.6 is 11.3 Å². The normalized spacial score (nSPS) is 19.0. The second-order valence-corrected chi connectivity index (χ2v) is 6.49. The average molecular weight is 298 g/mol. The third-order valence-electron chi connectivity index (χ3n) is 3.83. The molecule has 0 bridgehead atoms. The number of aryl methyl sites for hydroxylation is 1. The van der Waals surface area contributed by atoms with E-state index < -0.39 is 5.60 Å². The molecule has 1 amide bonds. The Kier molecular flexibility index (Phi) is 4.78. The first-order valence-corrected chi connectivity index (χ1v) is 7.77. The Hall–Kier alpha value is -0.980. The maximum absolute atomic E-state index is 12.2. The molecule has 2 rings (SSSR count). The summed E-state index contributed by atoms with van der Waals surface area (Å²) in [5.41, 5.74) is -0.0125. The Bertz CT molecular complexity index is 481. The van der Waals surface area contributed by atoms with Gasteiger partial charge in [-0.05, 0) is 26.7 Å². The van der Waals surface area contributed by atoms with Crippen LogP contribution < -0.4 is 5.32 Å². The Morgan fingerprint density at radius 2 is 2.20 bits per heavy atom. The molecule has 20 heavy (non-hydrogen) atoms. The number of rotatable bonds is 5. The molecule has 0 spiro atoms. The van der Waals surface area contributed by atoms with Crippen molar-refractivity contribution >= 4 is 17.2 Å². The number of aliphatic hydroxyl groups is 1. The Morgan fingerprint density at radius 1 is 1.55 bits per heavy atom. The van der Waals surface area contributed by atoms with E-state index in [0.717, 1.165) is 30.7 Å². The van der Waals surface area contributed by atoms with E-state index in [-0.39, 0.29) is 12.0 Å². The summed E-state index contributed by atoms with van der Waals surface area (Å²) in [5.74, 6) is -0.158. The molecule has 6 heteroatoms. The molecule has 1 aromatic rings. The zero-order valence-corrected chi connectivity index (χ0v) is 13.0. The SMILES string of the molecule is COC(C)c1nc(C)c(C(=O)NCC2(O)CCCC2)s1. The highest BCUT2D eigenvalue weighted by atomic mass is 32.1. The number of hydrogen-bond donors (Lipinski definition) is 2.